The molecule has 0 fully saturated rings. The molecule has 0 amide bonds. The lowest BCUT2D eigenvalue weighted by molar-refractivity contribution is 0.172. The molecule has 1 aliphatic rings. The van der Waals surface area contributed by atoms with Crippen molar-refractivity contribution in [2.45, 2.75) is 13.1 Å². The van der Waals surface area contributed by atoms with Crippen LogP contribution in [0.4, 0.5) is 0 Å². The molecular formula is C18H19N3O2. The maximum Gasteiger partial charge on any atom is 0.163 e. The van der Waals surface area contributed by atoms with Crippen molar-refractivity contribution in [2.75, 3.05) is 20.3 Å². The van der Waals surface area contributed by atoms with Gasteiger partial charge in [0.25, 0.3) is 0 Å². The second-order valence-corrected chi connectivity index (χ2v) is 5.85. The van der Waals surface area contributed by atoms with Crippen LogP contribution >= 0.6 is 0 Å². The van der Waals surface area contributed by atoms with Gasteiger partial charge in [0.05, 0.1) is 17.6 Å². The van der Waals surface area contributed by atoms with Crippen molar-refractivity contribution in [1.29, 1.82) is 0 Å². The number of rotatable bonds is 4. The quantitative estimate of drug-likeness (QED) is 0.805. The van der Waals surface area contributed by atoms with Crippen molar-refractivity contribution in [3.8, 4) is 11.5 Å². The smallest absolute Gasteiger partial charge is 0.163 e. The summed E-state index contributed by atoms with van der Waals surface area (Å²) in [6.45, 7) is 2.84. The molecule has 2 heterocycles. The van der Waals surface area contributed by atoms with Gasteiger partial charge in [-0.2, -0.15) is 0 Å². The molecule has 118 valence electrons. The third kappa shape index (κ3) is 3.00. The molecular weight excluding hydrogens is 290 g/mol. The maximum atomic E-state index is 5.62. The number of hydrogen-bond donors (Lipinski definition) is 1. The number of ether oxygens (including phenoxy) is 2. The first-order valence-corrected chi connectivity index (χ1v) is 7.78. The van der Waals surface area contributed by atoms with Crippen LogP contribution in [-0.4, -0.2) is 35.1 Å². The summed E-state index contributed by atoms with van der Waals surface area (Å²) in [6.07, 6.45) is 0. The highest BCUT2D eigenvalue weighted by Gasteiger charge is 2.15. The lowest BCUT2D eigenvalue weighted by Gasteiger charge is -2.17. The number of aromatic nitrogens is 2. The van der Waals surface area contributed by atoms with Crippen LogP contribution in [0.5, 0.6) is 11.5 Å². The number of H-pyrrole nitrogens is 1. The summed E-state index contributed by atoms with van der Waals surface area (Å²) >= 11 is 0. The molecule has 0 atom stereocenters. The number of fused-ring (bicyclic) bond motifs is 2. The van der Waals surface area contributed by atoms with Crippen LogP contribution in [0.15, 0.2) is 42.5 Å². The van der Waals surface area contributed by atoms with Crippen LogP contribution in [0.2, 0.25) is 0 Å². The Kier molecular flexibility index (Phi) is 3.63. The predicted octanol–water partition coefficient (Wildman–Crippen LogP) is 2.97. The van der Waals surface area contributed by atoms with Crippen LogP contribution in [0.25, 0.3) is 11.0 Å². The third-order valence-corrected chi connectivity index (χ3v) is 3.91. The van der Waals surface area contributed by atoms with Crippen molar-refractivity contribution >= 4 is 11.0 Å². The van der Waals surface area contributed by atoms with Gasteiger partial charge in [-0.1, -0.05) is 30.3 Å². The molecule has 3 aromatic rings. The summed E-state index contributed by atoms with van der Waals surface area (Å²) in [6, 6.07) is 14.4. The van der Waals surface area contributed by atoms with E-state index in [1.807, 2.05) is 18.2 Å². The van der Waals surface area contributed by atoms with Crippen molar-refractivity contribution in [3.05, 3.63) is 53.9 Å². The van der Waals surface area contributed by atoms with Gasteiger partial charge in [0.1, 0.15) is 19.0 Å². The van der Waals surface area contributed by atoms with Gasteiger partial charge in [-0.3, -0.25) is 4.90 Å². The summed E-state index contributed by atoms with van der Waals surface area (Å²) in [5.41, 5.74) is 3.19. The van der Waals surface area contributed by atoms with Crippen molar-refractivity contribution in [1.82, 2.24) is 14.9 Å². The summed E-state index contributed by atoms with van der Waals surface area (Å²) in [4.78, 5) is 10.3. The minimum Gasteiger partial charge on any atom is -0.486 e. The van der Waals surface area contributed by atoms with E-state index in [0.29, 0.717) is 13.2 Å². The summed E-state index contributed by atoms with van der Waals surface area (Å²) in [5, 5.41) is 0. The first kappa shape index (κ1) is 14.1. The fourth-order valence-corrected chi connectivity index (χ4v) is 2.88. The van der Waals surface area contributed by atoms with E-state index in [1.54, 1.807) is 0 Å². The Morgan fingerprint density at radius 3 is 2.57 bits per heavy atom. The van der Waals surface area contributed by atoms with Gasteiger partial charge in [0, 0.05) is 18.7 Å². The fourth-order valence-electron chi connectivity index (χ4n) is 2.88. The lowest BCUT2D eigenvalue weighted by Crippen LogP contribution is -2.17. The highest BCUT2D eigenvalue weighted by Crippen LogP contribution is 2.33. The molecule has 0 saturated carbocycles. The highest BCUT2D eigenvalue weighted by atomic mass is 16.6. The molecule has 0 radical (unpaired) electrons. The van der Waals surface area contributed by atoms with Gasteiger partial charge in [-0.05, 0) is 12.6 Å². The molecule has 1 N–H and O–H groups in total. The fraction of sp³-hybridized carbons (Fsp3) is 0.278. The normalized spacial score (nSPS) is 13.7. The van der Waals surface area contributed by atoms with E-state index in [9.17, 15) is 0 Å². The van der Waals surface area contributed by atoms with Gasteiger partial charge >= 0.3 is 0 Å². The average Bonchev–Trinajstić information content (AvgIpc) is 2.94. The summed E-state index contributed by atoms with van der Waals surface area (Å²) in [5.74, 6) is 2.51. The first-order valence-electron chi connectivity index (χ1n) is 7.78. The molecule has 0 aliphatic carbocycles. The Bertz CT molecular complexity index is 771. The summed E-state index contributed by atoms with van der Waals surface area (Å²) in [7, 11) is 2.09. The van der Waals surface area contributed by atoms with Crippen LogP contribution in [-0.2, 0) is 13.1 Å². The van der Waals surface area contributed by atoms with E-state index in [4.69, 9.17) is 9.47 Å². The molecule has 23 heavy (non-hydrogen) atoms. The number of nitrogens with one attached hydrogen (secondary N) is 1. The predicted molar refractivity (Wildman–Crippen MR) is 88.7 cm³/mol. The summed E-state index contributed by atoms with van der Waals surface area (Å²) < 4.78 is 11.2. The van der Waals surface area contributed by atoms with Gasteiger partial charge in [0.15, 0.2) is 11.5 Å². The van der Waals surface area contributed by atoms with Crippen molar-refractivity contribution in [3.63, 3.8) is 0 Å². The zero-order valence-electron chi connectivity index (χ0n) is 13.1. The average molecular weight is 309 g/mol. The van der Waals surface area contributed by atoms with Gasteiger partial charge < -0.3 is 14.5 Å². The van der Waals surface area contributed by atoms with E-state index in [-0.39, 0.29) is 0 Å². The molecule has 1 aliphatic heterocycles. The first-order chi connectivity index (χ1) is 11.3. The second-order valence-electron chi connectivity index (χ2n) is 5.85. The molecule has 0 spiro atoms. The number of imidazole rings is 1. The van der Waals surface area contributed by atoms with Gasteiger partial charge in [-0.25, -0.2) is 4.98 Å². The molecule has 0 unspecified atom stereocenters. The van der Waals surface area contributed by atoms with E-state index in [1.165, 1.54) is 5.56 Å². The molecule has 5 nitrogen and oxygen atoms in total. The number of aromatic amines is 1. The Labute approximate surface area is 134 Å². The molecule has 5 heteroatoms. The molecule has 1 aromatic heterocycles. The SMILES string of the molecule is CN(Cc1ccccc1)Cc1nc2cc3c(cc2[nH]1)OCCO3. The second kappa shape index (κ2) is 5.93. The monoisotopic (exact) mass is 309 g/mol. The van der Waals surface area contributed by atoms with E-state index in [0.717, 1.165) is 41.4 Å². The van der Waals surface area contributed by atoms with Crippen molar-refractivity contribution in [2.24, 2.45) is 0 Å². The standard InChI is InChI=1S/C18H19N3O2/c1-21(11-13-5-3-2-4-6-13)12-18-19-14-9-16-17(10-15(14)20-18)23-8-7-22-16/h2-6,9-10H,7-8,11-12H2,1H3,(H,19,20). The number of hydrogen-bond acceptors (Lipinski definition) is 4. The topological polar surface area (TPSA) is 50.4 Å². The van der Waals surface area contributed by atoms with E-state index in [2.05, 4.69) is 46.2 Å². The minimum absolute atomic E-state index is 0.593. The largest absolute Gasteiger partial charge is 0.486 e. The zero-order chi connectivity index (χ0) is 15.6. The number of nitrogens with zero attached hydrogens (tertiary/aromatic N) is 2. The Balaban J connectivity index is 1.52. The van der Waals surface area contributed by atoms with E-state index < -0.39 is 0 Å². The zero-order valence-corrected chi connectivity index (χ0v) is 13.1. The molecule has 0 saturated heterocycles. The minimum atomic E-state index is 0.593. The highest BCUT2D eigenvalue weighted by molar-refractivity contribution is 5.79. The Morgan fingerprint density at radius 1 is 1.04 bits per heavy atom. The number of benzene rings is 2. The molecule has 4 rings (SSSR count). The van der Waals surface area contributed by atoms with Gasteiger partial charge in [-0.15, -0.1) is 0 Å². The van der Waals surface area contributed by atoms with Gasteiger partial charge in [0.2, 0.25) is 0 Å². The third-order valence-electron chi connectivity index (χ3n) is 3.91. The maximum absolute atomic E-state index is 5.62. The van der Waals surface area contributed by atoms with Crippen LogP contribution in [0, 0.1) is 0 Å². The van der Waals surface area contributed by atoms with Crippen LogP contribution < -0.4 is 9.47 Å². The van der Waals surface area contributed by atoms with Crippen molar-refractivity contribution < 1.29 is 9.47 Å². The Morgan fingerprint density at radius 2 is 1.78 bits per heavy atom. The van der Waals surface area contributed by atoms with E-state index >= 15 is 0 Å². The Hall–Kier alpha value is -2.53. The van der Waals surface area contributed by atoms with Crippen LogP contribution in [0.3, 0.4) is 0 Å². The molecule has 2 aromatic carbocycles. The lowest BCUT2D eigenvalue weighted by atomic mass is 10.2. The molecule has 0 bridgehead atoms. The van der Waals surface area contributed by atoms with Crippen LogP contribution in [0.1, 0.15) is 11.4 Å².